The lowest BCUT2D eigenvalue weighted by atomic mass is 10.2. The first-order chi connectivity index (χ1) is 8.15. The van der Waals surface area contributed by atoms with Gasteiger partial charge in [-0.3, -0.25) is 9.59 Å². The monoisotopic (exact) mass is 255 g/mol. The van der Waals surface area contributed by atoms with Gasteiger partial charge in [0.05, 0.1) is 18.9 Å². The first-order valence-electron chi connectivity index (χ1n) is 5.26. The molecular formula is C12H14ClNO3. The summed E-state index contributed by atoms with van der Waals surface area (Å²) in [5.74, 6) is -0.0614. The van der Waals surface area contributed by atoms with Crippen molar-refractivity contribution in [2.24, 2.45) is 0 Å². The van der Waals surface area contributed by atoms with E-state index in [0.29, 0.717) is 12.3 Å². The van der Waals surface area contributed by atoms with Crippen LogP contribution in [0, 0.1) is 0 Å². The topological polar surface area (TPSA) is 55.4 Å². The van der Waals surface area contributed by atoms with E-state index in [-0.39, 0.29) is 24.0 Å². The summed E-state index contributed by atoms with van der Waals surface area (Å²) in [4.78, 5) is 22.3. The summed E-state index contributed by atoms with van der Waals surface area (Å²) < 4.78 is 5.26. The van der Waals surface area contributed by atoms with E-state index in [2.05, 4.69) is 5.32 Å². The third kappa shape index (κ3) is 4.87. The highest BCUT2D eigenvalue weighted by atomic mass is 35.5. The Balaban J connectivity index is 2.51. The quantitative estimate of drug-likeness (QED) is 0.626. The number of Topliss-reactive ketones (excluding diaryl/α,β-unsaturated/α-hetero) is 1. The fourth-order valence-corrected chi connectivity index (χ4v) is 1.33. The molecule has 0 aliphatic carbocycles. The molecule has 0 heterocycles. The van der Waals surface area contributed by atoms with Crippen molar-refractivity contribution >= 4 is 29.0 Å². The Morgan fingerprint density at radius 2 is 1.94 bits per heavy atom. The second kappa shape index (κ2) is 6.91. The van der Waals surface area contributed by atoms with Gasteiger partial charge in [-0.15, -0.1) is 11.6 Å². The third-order valence-corrected chi connectivity index (χ3v) is 2.25. The lowest BCUT2D eigenvalue weighted by Crippen LogP contribution is -2.16. The minimum atomic E-state index is -0.361. The minimum absolute atomic E-state index is 0.142. The van der Waals surface area contributed by atoms with E-state index < -0.39 is 0 Å². The van der Waals surface area contributed by atoms with Crippen molar-refractivity contribution in [3.05, 3.63) is 24.3 Å². The molecule has 0 spiro atoms. The first kappa shape index (κ1) is 13.5. The zero-order valence-corrected chi connectivity index (χ0v) is 10.3. The molecule has 0 radical (unpaired) electrons. The molecule has 1 N–H and O–H groups in total. The zero-order chi connectivity index (χ0) is 12.7. The number of carbonyl (C=O) groups excluding carboxylic acids is 2. The van der Waals surface area contributed by atoms with Gasteiger partial charge in [0, 0.05) is 5.69 Å². The van der Waals surface area contributed by atoms with Gasteiger partial charge in [-0.1, -0.05) is 0 Å². The molecule has 1 amide bonds. The van der Waals surface area contributed by atoms with Crippen molar-refractivity contribution in [1.82, 2.24) is 0 Å². The Labute approximate surface area is 105 Å². The Morgan fingerprint density at radius 1 is 1.29 bits per heavy atom. The van der Waals surface area contributed by atoms with Crippen LogP contribution in [-0.2, 0) is 9.59 Å². The molecule has 0 aromatic heterocycles. The number of nitrogens with one attached hydrogen (secondary N) is 1. The van der Waals surface area contributed by atoms with Crippen LogP contribution in [0.2, 0.25) is 0 Å². The summed E-state index contributed by atoms with van der Waals surface area (Å²) >= 11 is 5.31. The summed E-state index contributed by atoms with van der Waals surface area (Å²) in [6, 6.07) is 6.94. The summed E-state index contributed by atoms with van der Waals surface area (Å²) in [5, 5.41) is 2.60. The summed E-state index contributed by atoms with van der Waals surface area (Å²) in [5.41, 5.74) is 0.626. The second-order valence-corrected chi connectivity index (χ2v) is 3.62. The summed E-state index contributed by atoms with van der Waals surface area (Å²) in [6.45, 7) is 2.49. The molecule has 0 aliphatic rings. The van der Waals surface area contributed by atoms with Crippen LogP contribution >= 0.6 is 11.6 Å². The predicted molar refractivity (Wildman–Crippen MR) is 66.6 cm³/mol. The number of carbonyl (C=O) groups is 2. The molecule has 92 valence electrons. The molecule has 0 unspecified atom stereocenters. The molecule has 4 nitrogen and oxygen atoms in total. The number of rotatable bonds is 6. The van der Waals surface area contributed by atoms with E-state index in [9.17, 15) is 9.59 Å². The van der Waals surface area contributed by atoms with Crippen molar-refractivity contribution < 1.29 is 14.3 Å². The van der Waals surface area contributed by atoms with Crippen LogP contribution in [0.15, 0.2) is 24.3 Å². The van der Waals surface area contributed by atoms with Gasteiger partial charge in [-0.25, -0.2) is 0 Å². The van der Waals surface area contributed by atoms with Gasteiger partial charge < -0.3 is 10.1 Å². The fraction of sp³-hybridized carbons (Fsp3) is 0.333. The maximum absolute atomic E-state index is 11.4. The number of anilines is 1. The average Bonchev–Trinajstić information content (AvgIpc) is 2.31. The third-order valence-electron chi connectivity index (χ3n) is 1.96. The molecule has 0 bridgehead atoms. The number of hydrogen-bond acceptors (Lipinski definition) is 3. The highest BCUT2D eigenvalue weighted by molar-refractivity contribution is 6.29. The van der Waals surface area contributed by atoms with Gasteiger partial charge in [-0.2, -0.15) is 0 Å². The Bertz CT molecular complexity index is 389. The van der Waals surface area contributed by atoms with E-state index in [0.717, 1.165) is 5.75 Å². The smallest absolute Gasteiger partial charge is 0.231 e. The van der Waals surface area contributed by atoms with Crippen molar-refractivity contribution in [1.29, 1.82) is 0 Å². The lowest BCUT2D eigenvalue weighted by molar-refractivity contribution is -0.124. The van der Waals surface area contributed by atoms with Gasteiger partial charge >= 0.3 is 0 Å². The molecule has 1 aromatic carbocycles. The van der Waals surface area contributed by atoms with Crippen LogP contribution in [0.25, 0.3) is 0 Å². The molecule has 0 fully saturated rings. The number of halogens is 1. The molecule has 0 aliphatic heterocycles. The van der Waals surface area contributed by atoms with Crippen molar-refractivity contribution in [3.8, 4) is 5.75 Å². The van der Waals surface area contributed by atoms with E-state index >= 15 is 0 Å². The number of ether oxygens (including phenoxy) is 1. The molecule has 0 atom stereocenters. The number of amides is 1. The number of alkyl halides is 1. The van der Waals surface area contributed by atoms with Crippen LogP contribution in [0.5, 0.6) is 5.75 Å². The van der Waals surface area contributed by atoms with E-state index in [4.69, 9.17) is 16.3 Å². The SMILES string of the molecule is CCOc1ccc(NC(=O)CC(=O)CCl)cc1. The highest BCUT2D eigenvalue weighted by Crippen LogP contribution is 2.15. The molecule has 1 rings (SSSR count). The van der Waals surface area contributed by atoms with Gasteiger partial charge in [0.15, 0.2) is 5.78 Å². The van der Waals surface area contributed by atoms with E-state index in [1.54, 1.807) is 24.3 Å². The van der Waals surface area contributed by atoms with Crippen molar-refractivity contribution in [2.75, 3.05) is 17.8 Å². The fourth-order valence-electron chi connectivity index (χ4n) is 1.23. The zero-order valence-electron chi connectivity index (χ0n) is 9.53. The average molecular weight is 256 g/mol. The van der Waals surface area contributed by atoms with Gasteiger partial charge in [0.2, 0.25) is 5.91 Å². The highest BCUT2D eigenvalue weighted by Gasteiger charge is 2.08. The normalized spacial score (nSPS) is 9.76. The molecule has 5 heteroatoms. The molecule has 0 saturated heterocycles. The van der Waals surface area contributed by atoms with Crippen LogP contribution in [-0.4, -0.2) is 24.2 Å². The van der Waals surface area contributed by atoms with Gasteiger partial charge in [0.25, 0.3) is 0 Å². The largest absolute Gasteiger partial charge is 0.494 e. The molecular weight excluding hydrogens is 242 g/mol. The van der Waals surface area contributed by atoms with E-state index in [1.165, 1.54) is 0 Å². The minimum Gasteiger partial charge on any atom is -0.494 e. The van der Waals surface area contributed by atoms with Gasteiger partial charge in [-0.05, 0) is 31.2 Å². The first-order valence-corrected chi connectivity index (χ1v) is 5.79. The van der Waals surface area contributed by atoms with Crippen molar-refractivity contribution in [3.63, 3.8) is 0 Å². The number of benzene rings is 1. The van der Waals surface area contributed by atoms with Crippen LogP contribution in [0.4, 0.5) is 5.69 Å². The van der Waals surface area contributed by atoms with Crippen LogP contribution < -0.4 is 10.1 Å². The van der Waals surface area contributed by atoms with E-state index in [1.807, 2.05) is 6.92 Å². The number of hydrogen-bond donors (Lipinski definition) is 1. The number of ketones is 1. The van der Waals surface area contributed by atoms with Crippen LogP contribution in [0.1, 0.15) is 13.3 Å². The Morgan fingerprint density at radius 3 is 2.47 bits per heavy atom. The lowest BCUT2D eigenvalue weighted by Gasteiger charge is -2.06. The Hall–Kier alpha value is -1.55. The molecule has 17 heavy (non-hydrogen) atoms. The predicted octanol–water partition coefficient (Wildman–Crippen LogP) is 2.22. The molecule has 1 aromatic rings. The maximum Gasteiger partial charge on any atom is 0.231 e. The van der Waals surface area contributed by atoms with Gasteiger partial charge in [0.1, 0.15) is 5.75 Å². The Kier molecular flexibility index (Phi) is 5.49. The summed E-state index contributed by atoms with van der Waals surface area (Å²) in [7, 11) is 0. The summed E-state index contributed by atoms with van der Waals surface area (Å²) in [6.07, 6.45) is -0.198. The van der Waals surface area contributed by atoms with Crippen LogP contribution in [0.3, 0.4) is 0 Å². The maximum atomic E-state index is 11.4. The van der Waals surface area contributed by atoms with Crippen molar-refractivity contribution in [2.45, 2.75) is 13.3 Å². The standard InChI is InChI=1S/C12H14ClNO3/c1-2-17-11-5-3-9(4-6-11)14-12(16)7-10(15)8-13/h3-6H,2,7-8H2,1H3,(H,14,16). The second-order valence-electron chi connectivity index (χ2n) is 3.35. The molecule has 0 saturated carbocycles.